The summed E-state index contributed by atoms with van der Waals surface area (Å²) in [6.45, 7) is 3.78. The van der Waals surface area contributed by atoms with Crippen molar-refractivity contribution in [1.82, 2.24) is 9.29 Å². The lowest BCUT2D eigenvalue weighted by atomic mass is 10.0. The van der Waals surface area contributed by atoms with E-state index in [1.54, 1.807) is 36.4 Å². The van der Waals surface area contributed by atoms with E-state index in [4.69, 9.17) is 0 Å². The highest BCUT2D eigenvalue weighted by molar-refractivity contribution is 7.89. The zero-order valence-corrected chi connectivity index (χ0v) is 16.5. The smallest absolute Gasteiger partial charge is 0.268 e. The molecule has 1 amide bonds. The molecule has 1 aliphatic heterocycles. The minimum Gasteiger partial charge on any atom is -0.268 e. The van der Waals surface area contributed by atoms with Gasteiger partial charge in [-0.05, 0) is 49.7 Å². The topological polar surface area (TPSA) is 67.3 Å². The van der Waals surface area contributed by atoms with Crippen molar-refractivity contribution in [1.29, 1.82) is 0 Å². The van der Waals surface area contributed by atoms with Crippen LogP contribution in [0.5, 0.6) is 0 Å². The monoisotopic (exact) mass is 392 g/mol. The molecule has 0 radical (unpaired) electrons. The number of nitrogens with zero attached hydrogens (tertiary/aromatic N) is 2. The quantitative estimate of drug-likeness (QED) is 0.677. The van der Waals surface area contributed by atoms with Gasteiger partial charge in [-0.3, -0.25) is 9.78 Å². The maximum Gasteiger partial charge on any atom is 0.268 e. The molecule has 5 nitrogen and oxygen atoms in total. The second kappa shape index (κ2) is 6.87. The number of pyridine rings is 1. The average molecular weight is 392 g/mol. The lowest BCUT2D eigenvalue weighted by molar-refractivity contribution is 0.0853. The van der Waals surface area contributed by atoms with Gasteiger partial charge in [0.15, 0.2) is 0 Å². The van der Waals surface area contributed by atoms with Gasteiger partial charge >= 0.3 is 0 Å². The molecule has 6 heteroatoms. The fourth-order valence-electron chi connectivity index (χ4n) is 3.57. The first-order chi connectivity index (χ1) is 13.4. The van der Waals surface area contributed by atoms with Crippen LogP contribution in [0.2, 0.25) is 0 Å². The molecular formula is C22H20N2O3S. The summed E-state index contributed by atoms with van der Waals surface area (Å²) in [7, 11) is -4.00. The SMILES string of the molecule is Cc1ccc(S(=O)(=O)N2C(=O)c3ccccc3C2Cc2cccc(C)n2)cc1. The number of aromatic nitrogens is 1. The lowest BCUT2D eigenvalue weighted by Gasteiger charge is -2.25. The molecule has 0 bridgehead atoms. The predicted octanol–water partition coefficient (Wildman–Crippen LogP) is 3.83. The molecule has 1 unspecified atom stereocenters. The molecule has 0 fully saturated rings. The number of aryl methyl sites for hydroxylation is 2. The van der Waals surface area contributed by atoms with Gasteiger partial charge in [0.2, 0.25) is 0 Å². The van der Waals surface area contributed by atoms with Gasteiger partial charge in [-0.2, -0.15) is 0 Å². The first-order valence-corrected chi connectivity index (χ1v) is 10.5. The number of fused-ring (bicyclic) bond motifs is 1. The molecule has 0 saturated carbocycles. The maximum atomic E-state index is 13.4. The van der Waals surface area contributed by atoms with E-state index in [0.717, 1.165) is 21.3 Å². The van der Waals surface area contributed by atoms with E-state index in [9.17, 15) is 13.2 Å². The van der Waals surface area contributed by atoms with Crippen molar-refractivity contribution >= 4 is 15.9 Å². The van der Waals surface area contributed by atoms with Crippen LogP contribution in [0.1, 0.15) is 38.9 Å². The zero-order valence-electron chi connectivity index (χ0n) is 15.7. The normalized spacial score (nSPS) is 16.3. The molecule has 0 spiro atoms. The van der Waals surface area contributed by atoms with E-state index < -0.39 is 22.0 Å². The highest BCUT2D eigenvalue weighted by atomic mass is 32.2. The summed E-state index contributed by atoms with van der Waals surface area (Å²) in [6.07, 6.45) is 0.329. The number of rotatable bonds is 4. The molecular weight excluding hydrogens is 372 g/mol. The van der Waals surface area contributed by atoms with E-state index in [-0.39, 0.29) is 4.90 Å². The predicted molar refractivity (Wildman–Crippen MR) is 106 cm³/mol. The molecule has 1 aromatic heterocycles. The van der Waals surface area contributed by atoms with Crippen LogP contribution in [0.3, 0.4) is 0 Å². The van der Waals surface area contributed by atoms with Gasteiger partial charge in [0.1, 0.15) is 0 Å². The van der Waals surface area contributed by atoms with Crippen LogP contribution in [0.25, 0.3) is 0 Å². The summed E-state index contributed by atoms with van der Waals surface area (Å²) in [5.41, 5.74) is 3.69. The molecule has 0 aliphatic carbocycles. The van der Waals surface area contributed by atoms with Crippen LogP contribution in [0, 0.1) is 13.8 Å². The molecule has 28 heavy (non-hydrogen) atoms. The van der Waals surface area contributed by atoms with E-state index in [1.807, 2.05) is 44.2 Å². The van der Waals surface area contributed by atoms with Crippen molar-refractivity contribution in [2.45, 2.75) is 31.2 Å². The van der Waals surface area contributed by atoms with Crippen molar-refractivity contribution < 1.29 is 13.2 Å². The van der Waals surface area contributed by atoms with Crippen LogP contribution in [0.15, 0.2) is 71.6 Å². The molecule has 1 atom stereocenters. The van der Waals surface area contributed by atoms with Gasteiger partial charge in [-0.15, -0.1) is 0 Å². The second-order valence-electron chi connectivity index (χ2n) is 7.00. The molecule has 0 N–H and O–H groups in total. The van der Waals surface area contributed by atoms with Crippen LogP contribution in [-0.2, 0) is 16.4 Å². The fraction of sp³-hybridized carbons (Fsp3) is 0.182. The average Bonchev–Trinajstić information content (AvgIpc) is 2.95. The first kappa shape index (κ1) is 18.4. The summed E-state index contributed by atoms with van der Waals surface area (Å²) in [5, 5.41) is 0. The van der Waals surface area contributed by atoms with Crippen molar-refractivity contribution in [3.8, 4) is 0 Å². The molecule has 2 aromatic carbocycles. The molecule has 2 heterocycles. The van der Waals surface area contributed by atoms with Crippen molar-refractivity contribution in [3.63, 3.8) is 0 Å². The number of sulfonamides is 1. The molecule has 1 aliphatic rings. The minimum atomic E-state index is -4.00. The summed E-state index contributed by atoms with van der Waals surface area (Å²) in [6, 6.07) is 18.6. The number of amides is 1. The Morgan fingerprint density at radius 3 is 2.36 bits per heavy atom. The number of benzene rings is 2. The standard InChI is InChI=1S/C22H20N2O3S/c1-15-10-12-18(13-11-15)28(26,27)24-21(14-17-7-5-6-16(2)23-17)19-8-3-4-9-20(19)22(24)25/h3-13,21H,14H2,1-2H3. The molecule has 142 valence electrons. The molecule has 3 aromatic rings. The molecule has 0 saturated heterocycles. The maximum absolute atomic E-state index is 13.4. The Hall–Kier alpha value is -2.99. The summed E-state index contributed by atoms with van der Waals surface area (Å²) >= 11 is 0. The van der Waals surface area contributed by atoms with E-state index in [0.29, 0.717) is 17.5 Å². The molecule has 4 rings (SSSR count). The Labute approximate surface area is 164 Å². The number of hydrogen-bond acceptors (Lipinski definition) is 4. The summed E-state index contributed by atoms with van der Waals surface area (Å²) in [4.78, 5) is 17.7. The van der Waals surface area contributed by atoms with Gasteiger partial charge in [-0.1, -0.05) is 42.0 Å². The van der Waals surface area contributed by atoms with E-state index >= 15 is 0 Å². The third-order valence-electron chi connectivity index (χ3n) is 4.96. The van der Waals surface area contributed by atoms with E-state index in [2.05, 4.69) is 4.98 Å². The third kappa shape index (κ3) is 3.10. The Morgan fingerprint density at radius 2 is 1.64 bits per heavy atom. The van der Waals surface area contributed by atoms with Gasteiger partial charge in [0.25, 0.3) is 15.9 Å². The lowest BCUT2D eigenvalue weighted by Crippen LogP contribution is -2.35. The van der Waals surface area contributed by atoms with Crippen LogP contribution >= 0.6 is 0 Å². The third-order valence-corrected chi connectivity index (χ3v) is 6.77. The van der Waals surface area contributed by atoms with Crippen molar-refractivity contribution in [3.05, 3.63) is 94.8 Å². The van der Waals surface area contributed by atoms with Crippen molar-refractivity contribution in [2.24, 2.45) is 0 Å². The number of hydrogen-bond donors (Lipinski definition) is 0. The van der Waals surface area contributed by atoms with Gasteiger partial charge in [0, 0.05) is 23.4 Å². The minimum absolute atomic E-state index is 0.112. The van der Waals surface area contributed by atoms with E-state index in [1.165, 1.54) is 0 Å². The summed E-state index contributed by atoms with van der Waals surface area (Å²) in [5.74, 6) is -0.492. The second-order valence-corrected chi connectivity index (χ2v) is 8.81. The Bertz CT molecular complexity index is 1150. The number of carbonyl (C=O) groups excluding carboxylic acids is 1. The number of carbonyl (C=O) groups is 1. The van der Waals surface area contributed by atoms with Crippen LogP contribution in [-0.4, -0.2) is 23.6 Å². The van der Waals surface area contributed by atoms with Crippen LogP contribution < -0.4 is 0 Å². The Kier molecular flexibility index (Phi) is 4.51. The van der Waals surface area contributed by atoms with Gasteiger partial charge < -0.3 is 0 Å². The van der Waals surface area contributed by atoms with Crippen LogP contribution in [0.4, 0.5) is 0 Å². The zero-order chi connectivity index (χ0) is 19.9. The highest BCUT2D eigenvalue weighted by Crippen LogP contribution is 2.39. The van der Waals surface area contributed by atoms with Gasteiger partial charge in [-0.25, -0.2) is 12.7 Å². The Morgan fingerprint density at radius 1 is 0.929 bits per heavy atom. The Balaban J connectivity index is 1.82. The highest BCUT2D eigenvalue weighted by Gasteiger charge is 2.44. The first-order valence-electron chi connectivity index (χ1n) is 9.05. The van der Waals surface area contributed by atoms with Gasteiger partial charge in [0.05, 0.1) is 10.9 Å². The largest absolute Gasteiger partial charge is 0.268 e. The summed E-state index contributed by atoms with van der Waals surface area (Å²) < 4.78 is 27.8. The fourth-order valence-corrected chi connectivity index (χ4v) is 5.12. The van der Waals surface area contributed by atoms with Crippen molar-refractivity contribution in [2.75, 3.05) is 0 Å².